The summed E-state index contributed by atoms with van der Waals surface area (Å²) < 4.78 is 5.27. The first kappa shape index (κ1) is 26.1. The van der Waals surface area contributed by atoms with E-state index in [-0.39, 0.29) is 5.91 Å². The van der Waals surface area contributed by atoms with E-state index in [0.29, 0.717) is 22.0 Å². The Morgan fingerprint density at radius 2 is 1.72 bits per heavy atom. The molecule has 0 aliphatic rings. The number of pyridine rings is 1. The number of rotatable bonds is 7. The van der Waals surface area contributed by atoms with Crippen LogP contribution in [-0.4, -0.2) is 18.0 Å². The minimum Gasteiger partial charge on any atom is -0.497 e. The van der Waals surface area contributed by atoms with Crippen LogP contribution < -0.4 is 10.1 Å². The zero-order valence-electron chi connectivity index (χ0n) is 22.4. The zero-order valence-corrected chi connectivity index (χ0v) is 23.2. The van der Waals surface area contributed by atoms with Crippen LogP contribution >= 0.6 is 11.3 Å². The number of fused-ring (bicyclic) bond motifs is 1. The Bertz CT molecular complexity index is 1690. The molecular weight excluding hydrogens is 502 g/mol. The molecule has 0 fully saturated rings. The van der Waals surface area contributed by atoms with Crippen molar-refractivity contribution in [1.82, 2.24) is 4.98 Å². The number of carbonyl (C=O) groups excluding carboxylic acids is 1. The number of thiophene rings is 1. The highest BCUT2D eigenvalue weighted by molar-refractivity contribution is 7.17. The van der Waals surface area contributed by atoms with E-state index in [1.54, 1.807) is 7.11 Å². The summed E-state index contributed by atoms with van der Waals surface area (Å²) in [5, 5.41) is 14.4. The van der Waals surface area contributed by atoms with Gasteiger partial charge in [0.1, 0.15) is 16.8 Å². The maximum atomic E-state index is 13.7. The van der Waals surface area contributed by atoms with Gasteiger partial charge in [-0.1, -0.05) is 68.4 Å². The average molecular weight is 532 g/mol. The molecule has 0 bridgehead atoms. The second-order valence-corrected chi connectivity index (χ2v) is 11.1. The van der Waals surface area contributed by atoms with Gasteiger partial charge in [-0.3, -0.25) is 4.79 Å². The molecule has 0 spiro atoms. The topological polar surface area (TPSA) is 75.0 Å². The van der Waals surface area contributed by atoms with E-state index < -0.39 is 0 Å². The molecule has 0 saturated heterocycles. The first-order chi connectivity index (χ1) is 18.9. The van der Waals surface area contributed by atoms with Crippen molar-refractivity contribution in [2.75, 3.05) is 12.4 Å². The molecule has 194 valence electrons. The van der Waals surface area contributed by atoms with Crippen molar-refractivity contribution < 1.29 is 9.53 Å². The molecule has 1 N–H and O–H groups in total. The van der Waals surface area contributed by atoms with Crippen LogP contribution in [0.2, 0.25) is 0 Å². The summed E-state index contributed by atoms with van der Waals surface area (Å²) in [5.41, 5.74) is 6.40. The highest BCUT2D eigenvalue weighted by Crippen LogP contribution is 2.40. The van der Waals surface area contributed by atoms with Crippen molar-refractivity contribution >= 4 is 33.1 Å². The van der Waals surface area contributed by atoms with Crippen molar-refractivity contribution in [3.8, 4) is 34.2 Å². The van der Waals surface area contributed by atoms with E-state index in [0.717, 1.165) is 50.3 Å². The summed E-state index contributed by atoms with van der Waals surface area (Å²) in [6.07, 6.45) is 1.01. The van der Waals surface area contributed by atoms with Crippen molar-refractivity contribution in [3.05, 3.63) is 100 Å². The van der Waals surface area contributed by atoms with Gasteiger partial charge >= 0.3 is 0 Å². The van der Waals surface area contributed by atoms with Gasteiger partial charge in [0.15, 0.2) is 0 Å². The second kappa shape index (κ2) is 11.1. The maximum absolute atomic E-state index is 13.7. The number of benzene rings is 3. The summed E-state index contributed by atoms with van der Waals surface area (Å²) >= 11 is 1.40. The quantitative estimate of drug-likeness (QED) is 0.229. The van der Waals surface area contributed by atoms with E-state index >= 15 is 0 Å². The van der Waals surface area contributed by atoms with Crippen LogP contribution in [0.5, 0.6) is 5.75 Å². The molecular formula is C33H29N3O2S. The molecule has 0 aliphatic heterocycles. The maximum Gasteiger partial charge on any atom is 0.257 e. The molecule has 2 heterocycles. The molecule has 0 aliphatic carbocycles. The minimum absolute atomic E-state index is 0.273. The van der Waals surface area contributed by atoms with Crippen LogP contribution in [0.25, 0.3) is 33.3 Å². The fraction of sp³-hybridized carbons (Fsp3) is 0.182. The lowest BCUT2D eigenvalue weighted by atomic mass is 9.99. The van der Waals surface area contributed by atoms with Crippen molar-refractivity contribution in [2.45, 2.75) is 27.2 Å². The number of hydrogen-bond acceptors (Lipinski definition) is 5. The predicted molar refractivity (Wildman–Crippen MR) is 159 cm³/mol. The number of methoxy groups -OCH3 is 1. The van der Waals surface area contributed by atoms with Crippen molar-refractivity contribution in [1.29, 1.82) is 5.26 Å². The summed E-state index contributed by atoms with van der Waals surface area (Å²) in [5.74, 6) is 1.05. The van der Waals surface area contributed by atoms with E-state index in [1.165, 1.54) is 16.9 Å². The molecule has 2 aromatic heterocycles. The summed E-state index contributed by atoms with van der Waals surface area (Å²) in [6.45, 7) is 6.37. The molecule has 0 unspecified atom stereocenters. The molecule has 5 nitrogen and oxygen atoms in total. The average Bonchev–Trinajstić information content (AvgIpc) is 3.26. The minimum atomic E-state index is -0.273. The Hall–Kier alpha value is -4.47. The third kappa shape index (κ3) is 5.41. The number of nitrogens with zero attached hydrogens (tertiary/aromatic N) is 2. The number of amides is 1. The van der Waals surface area contributed by atoms with Crippen molar-refractivity contribution in [2.24, 2.45) is 5.92 Å². The Balaban J connectivity index is 1.52. The Labute approximate surface area is 232 Å². The number of anilines is 1. The number of para-hydroxylation sites is 1. The van der Waals surface area contributed by atoms with E-state index in [4.69, 9.17) is 9.72 Å². The molecule has 5 rings (SSSR count). The second-order valence-electron chi connectivity index (χ2n) is 9.90. The molecule has 39 heavy (non-hydrogen) atoms. The lowest BCUT2D eigenvalue weighted by Crippen LogP contribution is -2.13. The highest BCUT2D eigenvalue weighted by Gasteiger charge is 2.21. The van der Waals surface area contributed by atoms with E-state index in [1.807, 2.05) is 61.5 Å². The van der Waals surface area contributed by atoms with Gasteiger partial charge in [-0.05, 0) is 54.7 Å². The Morgan fingerprint density at radius 3 is 2.38 bits per heavy atom. The number of nitrogens with one attached hydrogen (secondary N) is 1. The van der Waals surface area contributed by atoms with Crippen LogP contribution in [0.1, 0.15) is 40.2 Å². The number of hydrogen-bond donors (Lipinski definition) is 1. The lowest BCUT2D eigenvalue weighted by Gasteiger charge is -2.11. The molecule has 1 amide bonds. The van der Waals surface area contributed by atoms with Crippen LogP contribution in [0.4, 0.5) is 5.00 Å². The fourth-order valence-electron chi connectivity index (χ4n) is 4.81. The predicted octanol–water partition coefficient (Wildman–Crippen LogP) is 8.27. The number of aromatic nitrogens is 1. The molecule has 6 heteroatoms. The van der Waals surface area contributed by atoms with Gasteiger partial charge in [-0.25, -0.2) is 4.98 Å². The molecule has 0 atom stereocenters. The van der Waals surface area contributed by atoms with E-state index in [2.05, 4.69) is 49.5 Å². The normalized spacial score (nSPS) is 11.0. The SMILES string of the molecule is COc1ccc(-c2c(C)sc(NC(=O)c3cc(-c4ccc(CC(C)C)cc4)nc4ccccc34)c2C#N)cc1. The summed E-state index contributed by atoms with van der Waals surface area (Å²) in [6, 6.07) is 27.8. The fourth-order valence-corrected chi connectivity index (χ4v) is 5.83. The van der Waals surface area contributed by atoms with Gasteiger partial charge in [0.25, 0.3) is 5.91 Å². The van der Waals surface area contributed by atoms with Crippen molar-refractivity contribution in [3.63, 3.8) is 0 Å². The molecule has 5 aromatic rings. The third-order valence-corrected chi connectivity index (χ3v) is 7.68. The van der Waals surface area contributed by atoms with Gasteiger partial charge in [0.05, 0.1) is 29.4 Å². The van der Waals surface area contributed by atoms with Gasteiger partial charge < -0.3 is 10.1 Å². The monoisotopic (exact) mass is 531 g/mol. The zero-order chi connectivity index (χ0) is 27.5. The molecule has 0 radical (unpaired) electrons. The summed E-state index contributed by atoms with van der Waals surface area (Å²) in [4.78, 5) is 19.5. The molecule has 3 aromatic carbocycles. The number of nitriles is 1. The number of carbonyl (C=O) groups is 1. The standard InChI is InChI=1S/C33H29N3O2S/c1-20(2)17-22-9-11-23(12-10-22)30-18-27(26-7-5-6-8-29(26)35-30)32(37)36-33-28(19-34)31(21(3)39-33)24-13-15-25(38-4)16-14-24/h5-16,18,20H,17H2,1-4H3,(H,36,37). The first-order valence-electron chi connectivity index (χ1n) is 12.9. The largest absolute Gasteiger partial charge is 0.497 e. The van der Waals surface area contributed by atoms with Gasteiger partial charge in [0, 0.05) is 21.4 Å². The Kier molecular flexibility index (Phi) is 7.44. The van der Waals surface area contributed by atoms with Gasteiger partial charge in [-0.2, -0.15) is 5.26 Å². The molecule has 0 saturated carbocycles. The van der Waals surface area contributed by atoms with Crippen LogP contribution in [0, 0.1) is 24.2 Å². The smallest absolute Gasteiger partial charge is 0.257 e. The highest BCUT2D eigenvalue weighted by atomic mass is 32.1. The first-order valence-corrected chi connectivity index (χ1v) is 13.7. The number of aryl methyl sites for hydroxylation is 1. The van der Waals surface area contributed by atoms with E-state index in [9.17, 15) is 10.1 Å². The Morgan fingerprint density at radius 1 is 1.03 bits per heavy atom. The third-order valence-electron chi connectivity index (χ3n) is 6.66. The van der Waals surface area contributed by atoms with Gasteiger partial charge in [0.2, 0.25) is 0 Å². The summed E-state index contributed by atoms with van der Waals surface area (Å²) in [7, 11) is 1.62. The number of ether oxygens (including phenoxy) is 1. The van der Waals surface area contributed by atoms with Gasteiger partial charge in [-0.15, -0.1) is 11.3 Å². The van der Waals surface area contributed by atoms with Crippen LogP contribution in [0.3, 0.4) is 0 Å². The van der Waals surface area contributed by atoms with Crippen LogP contribution in [0.15, 0.2) is 78.9 Å². The lowest BCUT2D eigenvalue weighted by molar-refractivity contribution is 0.102. The van der Waals surface area contributed by atoms with Crippen LogP contribution in [-0.2, 0) is 6.42 Å².